The Bertz CT molecular complexity index is 1640. The third-order valence-electron chi connectivity index (χ3n) is 7.55. The third kappa shape index (κ3) is 5.16. The average Bonchev–Trinajstić information content (AvgIpc) is 3.24. The molecule has 2 aliphatic heterocycles. The quantitative estimate of drug-likeness (QED) is 0.221. The van der Waals surface area contributed by atoms with Gasteiger partial charge in [-0.2, -0.15) is 19.3 Å². The topological polar surface area (TPSA) is 103 Å². The Balaban J connectivity index is 1.15. The molecule has 0 saturated heterocycles. The molecule has 2 heterocycles. The van der Waals surface area contributed by atoms with Crippen LogP contribution in [0.15, 0.2) is 118 Å². The van der Waals surface area contributed by atoms with Crippen LogP contribution < -0.4 is 10.6 Å². The second-order valence-corrected chi connectivity index (χ2v) is 12.1. The van der Waals surface area contributed by atoms with Crippen LogP contribution in [0, 0.1) is 18.8 Å². The molecule has 0 radical (unpaired) electrons. The number of nitrogens with zero attached hydrogens (tertiary/aromatic N) is 3. The van der Waals surface area contributed by atoms with Gasteiger partial charge in [0, 0.05) is 5.92 Å². The van der Waals surface area contributed by atoms with E-state index in [-0.39, 0.29) is 27.9 Å². The van der Waals surface area contributed by atoms with Gasteiger partial charge in [0.15, 0.2) is 0 Å². The second kappa shape index (κ2) is 10.6. The van der Waals surface area contributed by atoms with Gasteiger partial charge in [-0.15, -0.1) is 4.59 Å². The molecule has 2 N–H and O–H groups in total. The number of ether oxygens (including phenoxy) is 1. The molecule has 0 spiro atoms. The van der Waals surface area contributed by atoms with Gasteiger partial charge < -0.3 is 4.74 Å². The number of hydrogen-bond donors (Lipinski definition) is 1. The van der Waals surface area contributed by atoms with Crippen molar-refractivity contribution >= 4 is 22.2 Å². The zero-order valence-electron chi connectivity index (χ0n) is 22.2. The van der Waals surface area contributed by atoms with Crippen LogP contribution in [-0.2, 0) is 20.9 Å². The maximum Gasteiger partial charge on any atom is 0.296 e. The highest BCUT2D eigenvalue weighted by Crippen LogP contribution is 2.45. The van der Waals surface area contributed by atoms with E-state index in [1.807, 2.05) is 67.7 Å². The lowest BCUT2D eigenvalue weighted by Gasteiger charge is -2.34. The van der Waals surface area contributed by atoms with Crippen molar-refractivity contribution in [2.24, 2.45) is 27.7 Å². The molecule has 40 heavy (non-hydrogen) atoms. The summed E-state index contributed by atoms with van der Waals surface area (Å²) in [5.74, 6) is 8.59. The number of amidine groups is 1. The lowest BCUT2D eigenvalue weighted by atomic mass is 9.73. The normalized spacial score (nSPS) is 23.5. The van der Waals surface area contributed by atoms with Gasteiger partial charge >= 0.3 is 0 Å². The Labute approximate surface area is 234 Å². The number of fused-ring (bicyclic) bond motifs is 1. The number of hydrogen-bond acceptors (Lipinski definition) is 7. The lowest BCUT2D eigenvalue weighted by Crippen LogP contribution is -2.53. The summed E-state index contributed by atoms with van der Waals surface area (Å²) < 4.78 is 36.6. The molecule has 3 aromatic rings. The highest BCUT2D eigenvalue weighted by Gasteiger charge is 2.48. The van der Waals surface area contributed by atoms with Gasteiger partial charge in [0.05, 0.1) is 29.5 Å². The summed E-state index contributed by atoms with van der Waals surface area (Å²) in [7, 11) is -3.79. The highest BCUT2D eigenvalue weighted by molar-refractivity contribution is 7.86. The van der Waals surface area contributed by atoms with Crippen molar-refractivity contribution in [3.05, 3.63) is 119 Å². The fourth-order valence-corrected chi connectivity index (χ4v) is 6.20. The number of aryl methyl sites for hydroxylation is 1. The zero-order valence-corrected chi connectivity index (χ0v) is 23.0. The van der Waals surface area contributed by atoms with E-state index >= 15 is 0 Å². The van der Waals surface area contributed by atoms with Gasteiger partial charge in [-0.1, -0.05) is 54.1 Å². The smallest absolute Gasteiger partial charge is 0.296 e. The molecule has 3 aromatic carbocycles. The predicted molar refractivity (Wildman–Crippen MR) is 153 cm³/mol. The minimum atomic E-state index is -3.79. The molecule has 0 bridgehead atoms. The molecule has 3 aliphatic rings. The number of allylic oxidation sites excluding steroid dienone is 2. The van der Waals surface area contributed by atoms with E-state index in [4.69, 9.17) is 19.8 Å². The maximum atomic E-state index is 12.6. The molecule has 1 unspecified atom stereocenters. The standard InChI is InChI=1S/C31H31N4O4S/c1-22-10-12-28(13-11-22)40(36,37)39-21-24-16-26(17-24)30-29-19-33-14-15-35(29,32)31(34-30)25-8-5-9-27(18-25)38-20-23-6-3-2-4-7-23/h2-15,18-19,24,26H,16-17,20-21,32H2,1H3/q+1. The number of quaternary nitrogens is 1. The third-order valence-corrected chi connectivity index (χ3v) is 8.85. The van der Waals surface area contributed by atoms with Crippen molar-refractivity contribution in [3.63, 3.8) is 0 Å². The molecular formula is C31H31N4O4S+. The van der Waals surface area contributed by atoms with E-state index < -0.39 is 10.1 Å². The van der Waals surface area contributed by atoms with Crippen molar-refractivity contribution in [3.8, 4) is 5.75 Å². The summed E-state index contributed by atoms with van der Waals surface area (Å²) in [4.78, 5) is 9.55. The number of rotatable bonds is 9. The van der Waals surface area contributed by atoms with E-state index in [1.54, 1.807) is 36.7 Å². The zero-order chi connectivity index (χ0) is 27.7. The van der Waals surface area contributed by atoms with E-state index in [1.165, 1.54) is 0 Å². The van der Waals surface area contributed by atoms with Crippen LogP contribution in [0.25, 0.3) is 0 Å². The molecule has 6 rings (SSSR count). The summed E-state index contributed by atoms with van der Waals surface area (Å²) in [6.45, 7) is 2.52. The van der Waals surface area contributed by atoms with Gasteiger partial charge in [0.2, 0.25) is 5.70 Å². The minimum absolute atomic E-state index is 0.0690. The Kier molecular flexibility index (Phi) is 6.97. The molecule has 9 heteroatoms. The second-order valence-electron chi connectivity index (χ2n) is 10.4. The summed E-state index contributed by atoms with van der Waals surface area (Å²) in [5.41, 5.74) is 4.66. The lowest BCUT2D eigenvalue weighted by molar-refractivity contribution is -0.750. The Morgan fingerprint density at radius 3 is 2.55 bits per heavy atom. The van der Waals surface area contributed by atoms with Gasteiger partial charge in [-0.25, -0.2) is 0 Å². The average molecular weight is 556 g/mol. The van der Waals surface area contributed by atoms with Gasteiger partial charge in [-0.05, 0) is 61.6 Å². The summed E-state index contributed by atoms with van der Waals surface area (Å²) in [6.07, 6.45) is 6.80. The monoisotopic (exact) mass is 555 g/mol. The van der Waals surface area contributed by atoms with Crippen LogP contribution in [0.3, 0.4) is 0 Å². The van der Waals surface area contributed by atoms with Crippen molar-refractivity contribution in [1.29, 1.82) is 0 Å². The van der Waals surface area contributed by atoms with Crippen LogP contribution in [0.1, 0.15) is 29.5 Å². The minimum Gasteiger partial charge on any atom is -0.489 e. The van der Waals surface area contributed by atoms with Crippen LogP contribution >= 0.6 is 0 Å². The largest absolute Gasteiger partial charge is 0.489 e. The van der Waals surface area contributed by atoms with Crippen molar-refractivity contribution in [2.45, 2.75) is 31.3 Å². The van der Waals surface area contributed by atoms with Crippen molar-refractivity contribution in [1.82, 2.24) is 0 Å². The number of benzene rings is 3. The van der Waals surface area contributed by atoms with Crippen LogP contribution in [-0.4, -0.2) is 31.7 Å². The summed E-state index contributed by atoms with van der Waals surface area (Å²) in [5, 5.41) is 0. The molecule has 0 amide bonds. The Morgan fingerprint density at radius 1 is 1.00 bits per heavy atom. The first kappa shape index (κ1) is 26.3. The molecular weight excluding hydrogens is 524 g/mol. The van der Waals surface area contributed by atoms with E-state index in [2.05, 4.69) is 4.99 Å². The summed E-state index contributed by atoms with van der Waals surface area (Å²) >= 11 is 0. The molecule has 0 aromatic heterocycles. The Morgan fingerprint density at radius 2 is 1.77 bits per heavy atom. The van der Waals surface area contributed by atoms with Gasteiger partial charge in [-0.3, -0.25) is 9.18 Å². The molecule has 1 fully saturated rings. The van der Waals surface area contributed by atoms with E-state index in [0.717, 1.165) is 46.7 Å². The first-order valence-corrected chi connectivity index (χ1v) is 14.7. The summed E-state index contributed by atoms with van der Waals surface area (Å²) in [6, 6.07) is 24.5. The molecule has 204 valence electrons. The molecule has 1 aliphatic carbocycles. The van der Waals surface area contributed by atoms with Gasteiger partial charge in [0.25, 0.3) is 16.0 Å². The Hall–Kier alpha value is -3.89. The SMILES string of the molecule is Cc1ccc(S(=O)(=O)OCC2CC(C3=C4C=NC=C[N+]4(N)C(c4cccc(OCc5ccccc5)c4)=N3)C2)cc1. The van der Waals surface area contributed by atoms with Crippen LogP contribution in [0.4, 0.5) is 0 Å². The van der Waals surface area contributed by atoms with Crippen molar-refractivity contribution < 1.29 is 21.9 Å². The maximum absolute atomic E-state index is 12.6. The highest BCUT2D eigenvalue weighted by atomic mass is 32.2. The van der Waals surface area contributed by atoms with E-state index in [0.29, 0.717) is 12.4 Å². The first-order chi connectivity index (χ1) is 19.3. The number of aliphatic imine (C=N–C) groups is 2. The van der Waals surface area contributed by atoms with Crippen molar-refractivity contribution in [2.75, 3.05) is 6.61 Å². The molecule has 1 atom stereocenters. The molecule has 8 nitrogen and oxygen atoms in total. The van der Waals surface area contributed by atoms with Crippen LogP contribution in [0.5, 0.6) is 5.75 Å². The van der Waals surface area contributed by atoms with Crippen LogP contribution in [0.2, 0.25) is 0 Å². The molecule has 1 saturated carbocycles. The fraction of sp³-hybridized carbons (Fsp3) is 0.226. The number of nitrogens with two attached hydrogens (primary N) is 1. The fourth-order valence-electron chi connectivity index (χ4n) is 5.23. The van der Waals surface area contributed by atoms with Gasteiger partial charge in [0.1, 0.15) is 24.3 Å². The predicted octanol–water partition coefficient (Wildman–Crippen LogP) is 5.22. The first-order valence-electron chi connectivity index (χ1n) is 13.3. The van der Waals surface area contributed by atoms with E-state index in [9.17, 15) is 8.42 Å².